The molecule has 0 bridgehead atoms. The first-order chi connectivity index (χ1) is 9.72. The number of aliphatic imine (C=N–C) groups is 1. The van der Waals surface area contributed by atoms with Gasteiger partial charge < -0.3 is 15.4 Å². The van der Waals surface area contributed by atoms with Crippen molar-refractivity contribution in [3.05, 3.63) is 18.5 Å². The number of rotatable bonds is 6. The van der Waals surface area contributed by atoms with Crippen LogP contribution in [-0.4, -0.2) is 48.1 Å². The summed E-state index contributed by atoms with van der Waals surface area (Å²) >= 11 is 0. The van der Waals surface area contributed by atoms with Gasteiger partial charge in [-0.15, -0.1) is 0 Å². The van der Waals surface area contributed by atoms with Crippen molar-refractivity contribution in [2.45, 2.75) is 38.3 Å². The van der Waals surface area contributed by atoms with Crippen LogP contribution in [-0.2, 0) is 11.3 Å². The lowest BCUT2D eigenvalue weighted by Crippen LogP contribution is -2.45. The van der Waals surface area contributed by atoms with Crippen LogP contribution in [0, 0.1) is 0 Å². The Balaban J connectivity index is 1.62. The van der Waals surface area contributed by atoms with E-state index in [9.17, 15) is 0 Å². The molecular weight excluding hydrogens is 254 g/mol. The van der Waals surface area contributed by atoms with E-state index in [0.717, 1.165) is 51.5 Å². The molecule has 1 fully saturated rings. The van der Waals surface area contributed by atoms with Gasteiger partial charge in [0.1, 0.15) is 0 Å². The zero-order valence-electron chi connectivity index (χ0n) is 12.4. The van der Waals surface area contributed by atoms with Crippen molar-refractivity contribution in [3.63, 3.8) is 0 Å². The predicted molar refractivity (Wildman–Crippen MR) is 79.8 cm³/mol. The van der Waals surface area contributed by atoms with Gasteiger partial charge in [0.15, 0.2) is 5.96 Å². The molecule has 2 N–H and O–H groups in total. The molecule has 1 aliphatic rings. The molecule has 0 aliphatic carbocycles. The maximum atomic E-state index is 5.75. The summed E-state index contributed by atoms with van der Waals surface area (Å²) in [5.41, 5.74) is -0.0489. The molecule has 2 rings (SSSR count). The molecule has 0 radical (unpaired) electrons. The number of aryl methyl sites for hydroxylation is 1. The van der Waals surface area contributed by atoms with Crippen molar-refractivity contribution in [3.8, 4) is 0 Å². The van der Waals surface area contributed by atoms with Crippen LogP contribution in [0.25, 0.3) is 0 Å². The van der Waals surface area contributed by atoms with E-state index in [-0.39, 0.29) is 5.60 Å². The molecule has 0 amide bonds. The third-order valence-corrected chi connectivity index (χ3v) is 3.57. The molecule has 2 heterocycles. The van der Waals surface area contributed by atoms with Gasteiger partial charge in [0, 0.05) is 45.7 Å². The van der Waals surface area contributed by atoms with Crippen LogP contribution in [0.2, 0.25) is 0 Å². The third-order valence-electron chi connectivity index (χ3n) is 3.57. The molecule has 0 saturated carbocycles. The van der Waals surface area contributed by atoms with E-state index >= 15 is 0 Å². The number of nitrogens with one attached hydrogen (secondary N) is 2. The zero-order valence-corrected chi connectivity index (χ0v) is 12.4. The number of guanidine groups is 1. The van der Waals surface area contributed by atoms with Crippen LogP contribution >= 0.6 is 0 Å². The van der Waals surface area contributed by atoms with Gasteiger partial charge in [-0.2, -0.15) is 5.10 Å². The molecule has 1 atom stereocenters. The van der Waals surface area contributed by atoms with Gasteiger partial charge in [-0.25, -0.2) is 0 Å². The Morgan fingerprint density at radius 3 is 3.05 bits per heavy atom. The maximum absolute atomic E-state index is 5.75. The van der Waals surface area contributed by atoms with Gasteiger partial charge >= 0.3 is 0 Å². The molecule has 20 heavy (non-hydrogen) atoms. The second-order valence-electron chi connectivity index (χ2n) is 5.38. The SMILES string of the molecule is CN=C(NCCCn1cccn1)NCC1(C)CCCO1. The van der Waals surface area contributed by atoms with Gasteiger partial charge in [0.25, 0.3) is 0 Å². The van der Waals surface area contributed by atoms with Crippen LogP contribution in [0.4, 0.5) is 0 Å². The molecule has 1 aromatic heterocycles. The molecule has 6 nitrogen and oxygen atoms in total. The minimum Gasteiger partial charge on any atom is -0.373 e. The Hall–Kier alpha value is -1.56. The van der Waals surface area contributed by atoms with Crippen molar-refractivity contribution in [2.24, 2.45) is 4.99 Å². The van der Waals surface area contributed by atoms with Crippen molar-refractivity contribution in [1.82, 2.24) is 20.4 Å². The number of nitrogens with zero attached hydrogens (tertiary/aromatic N) is 3. The van der Waals surface area contributed by atoms with E-state index in [1.54, 1.807) is 13.2 Å². The molecule has 1 aliphatic heterocycles. The highest BCUT2D eigenvalue weighted by atomic mass is 16.5. The first-order valence-electron chi connectivity index (χ1n) is 7.28. The van der Waals surface area contributed by atoms with Gasteiger partial charge in [-0.05, 0) is 32.3 Å². The lowest BCUT2D eigenvalue weighted by molar-refractivity contribution is 0.0243. The van der Waals surface area contributed by atoms with Crippen LogP contribution < -0.4 is 10.6 Å². The molecule has 6 heteroatoms. The van der Waals surface area contributed by atoms with Gasteiger partial charge in [-0.3, -0.25) is 9.67 Å². The summed E-state index contributed by atoms with van der Waals surface area (Å²) in [5, 5.41) is 10.8. The molecule has 0 spiro atoms. The van der Waals surface area contributed by atoms with E-state index in [0.29, 0.717) is 0 Å². The Bertz CT molecular complexity index is 409. The smallest absolute Gasteiger partial charge is 0.191 e. The van der Waals surface area contributed by atoms with E-state index in [2.05, 4.69) is 27.6 Å². The maximum Gasteiger partial charge on any atom is 0.191 e. The van der Waals surface area contributed by atoms with E-state index in [4.69, 9.17) is 4.74 Å². The van der Waals surface area contributed by atoms with E-state index in [1.807, 2.05) is 16.9 Å². The lowest BCUT2D eigenvalue weighted by atomic mass is 10.0. The number of hydrogen-bond acceptors (Lipinski definition) is 3. The highest BCUT2D eigenvalue weighted by Crippen LogP contribution is 2.23. The van der Waals surface area contributed by atoms with Crippen molar-refractivity contribution in [1.29, 1.82) is 0 Å². The predicted octanol–water partition coefficient (Wildman–Crippen LogP) is 1.01. The summed E-state index contributed by atoms with van der Waals surface area (Å²) in [4.78, 5) is 4.23. The quantitative estimate of drug-likeness (QED) is 0.463. The van der Waals surface area contributed by atoms with Crippen molar-refractivity contribution >= 4 is 5.96 Å². The minimum absolute atomic E-state index is 0.0489. The fourth-order valence-corrected chi connectivity index (χ4v) is 2.35. The first-order valence-corrected chi connectivity index (χ1v) is 7.28. The topological polar surface area (TPSA) is 63.5 Å². The second-order valence-corrected chi connectivity index (χ2v) is 5.38. The summed E-state index contributed by atoms with van der Waals surface area (Å²) in [6, 6.07) is 1.94. The molecule has 112 valence electrons. The lowest BCUT2D eigenvalue weighted by Gasteiger charge is -2.24. The normalized spacial score (nSPS) is 23.0. The molecule has 1 saturated heterocycles. The summed E-state index contributed by atoms with van der Waals surface area (Å²) in [7, 11) is 1.79. The van der Waals surface area contributed by atoms with Crippen LogP contribution in [0.15, 0.2) is 23.5 Å². The standard InChI is InChI=1S/C14H25N5O/c1-14(6-3-11-20-14)12-17-13(15-2)16-7-4-9-19-10-5-8-18-19/h5,8,10H,3-4,6-7,9,11-12H2,1-2H3,(H2,15,16,17). The van der Waals surface area contributed by atoms with Gasteiger partial charge in [-0.1, -0.05) is 0 Å². The number of aromatic nitrogens is 2. The summed E-state index contributed by atoms with van der Waals surface area (Å²) < 4.78 is 7.69. The first kappa shape index (κ1) is 14.8. The van der Waals surface area contributed by atoms with E-state index in [1.165, 1.54) is 0 Å². The largest absolute Gasteiger partial charge is 0.373 e. The highest BCUT2D eigenvalue weighted by Gasteiger charge is 2.29. The van der Waals surface area contributed by atoms with Crippen LogP contribution in [0.3, 0.4) is 0 Å². The third kappa shape index (κ3) is 4.52. The Morgan fingerprint density at radius 1 is 1.50 bits per heavy atom. The summed E-state index contributed by atoms with van der Waals surface area (Å²) in [6.07, 6.45) is 7.04. The van der Waals surface area contributed by atoms with Crippen LogP contribution in [0.5, 0.6) is 0 Å². The molecule has 0 aromatic carbocycles. The number of ether oxygens (including phenoxy) is 1. The fraction of sp³-hybridized carbons (Fsp3) is 0.714. The van der Waals surface area contributed by atoms with E-state index < -0.39 is 0 Å². The Kier molecular flexibility index (Phi) is 5.40. The average molecular weight is 279 g/mol. The average Bonchev–Trinajstić information content (AvgIpc) is 3.10. The summed E-state index contributed by atoms with van der Waals surface area (Å²) in [5.74, 6) is 0.835. The van der Waals surface area contributed by atoms with Crippen LogP contribution in [0.1, 0.15) is 26.2 Å². The molecule has 1 aromatic rings. The zero-order chi connectivity index (χ0) is 14.3. The molecular formula is C14H25N5O. The van der Waals surface area contributed by atoms with Gasteiger partial charge in [0.05, 0.1) is 5.60 Å². The fourth-order valence-electron chi connectivity index (χ4n) is 2.35. The second kappa shape index (κ2) is 7.28. The Labute approximate surface area is 120 Å². The summed E-state index contributed by atoms with van der Waals surface area (Å²) in [6.45, 7) is 5.60. The van der Waals surface area contributed by atoms with Crippen molar-refractivity contribution < 1.29 is 4.74 Å². The number of hydrogen-bond donors (Lipinski definition) is 2. The minimum atomic E-state index is -0.0489. The van der Waals surface area contributed by atoms with Gasteiger partial charge in [0.2, 0.25) is 0 Å². The molecule has 1 unspecified atom stereocenters. The Morgan fingerprint density at radius 2 is 2.40 bits per heavy atom. The monoisotopic (exact) mass is 279 g/mol. The van der Waals surface area contributed by atoms with Crippen molar-refractivity contribution in [2.75, 3.05) is 26.7 Å². The highest BCUT2D eigenvalue weighted by molar-refractivity contribution is 5.79.